The molecule has 1 N–H and O–H groups in total. The Morgan fingerprint density at radius 2 is 1.73 bits per heavy atom. The van der Waals surface area contributed by atoms with Crippen molar-refractivity contribution in [1.82, 2.24) is 9.62 Å². The van der Waals surface area contributed by atoms with Gasteiger partial charge in [-0.2, -0.15) is 0 Å². The molecule has 1 amide bonds. The minimum atomic E-state index is -3.71. The summed E-state index contributed by atoms with van der Waals surface area (Å²) in [6.45, 7) is 6.03. The molecule has 0 unspecified atom stereocenters. The molecule has 1 aromatic rings. The zero-order valence-electron chi connectivity index (χ0n) is 15.2. The van der Waals surface area contributed by atoms with Crippen LogP contribution in [-0.2, 0) is 24.3 Å². The van der Waals surface area contributed by atoms with Crippen molar-refractivity contribution in [3.05, 3.63) is 29.8 Å². The second-order valence-corrected chi connectivity index (χ2v) is 8.80. The number of nitrogens with one attached hydrogen (secondary N) is 1. The van der Waals surface area contributed by atoms with Crippen molar-refractivity contribution in [2.24, 2.45) is 0 Å². The number of piperidine rings is 1. The number of hydrogen-bond donors (Lipinski definition) is 1. The van der Waals surface area contributed by atoms with Crippen LogP contribution in [0.3, 0.4) is 0 Å². The lowest BCUT2D eigenvalue weighted by Crippen LogP contribution is -2.49. The first-order valence-electron chi connectivity index (χ1n) is 8.97. The van der Waals surface area contributed by atoms with Crippen molar-refractivity contribution in [2.75, 3.05) is 32.8 Å². The fourth-order valence-electron chi connectivity index (χ4n) is 3.27. The minimum Gasteiger partial charge on any atom is -0.347 e. The van der Waals surface area contributed by atoms with Crippen LogP contribution in [0.1, 0.15) is 38.2 Å². The number of rotatable bonds is 5. The molecule has 0 atom stereocenters. The van der Waals surface area contributed by atoms with Crippen molar-refractivity contribution in [1.29, 1.82) is 0 Å². The molecule has 1 aromatic carbocycles. The third kappa shape index (κ3) is 4.25. The topological polar surface area (TPSA) is 84.9 Å². The van der Waals surface area contributed by atoms with Gasteiger partial charge in [-0.15, -0.1) is 0 Å². The Balaban J connectivity index is 1.53. The van der Waals surface area contributed by atoms with Crippen LogP contribution < -0.4 is 4.72 Å². The van der Waals surface area contributed by atoms with Crippen LogP contribution in [0.2, 0.25) is 0 Å². The first kappa shape index (κ1) is 19.3. The summed E-state index contributed by atoms with van der Waals surface area (Å²) < 4.78 is 38.4. The summed E-state index contributed by atoms with van der Waals surface area (Å²) in [5.74, 6) is -0.453. The molecule has 2 heterocycles. The van der Waals surface area contributed by atoms with Gasteiger partial charge in [0.05, 0.1) is 24.7 Å². The van der Waals surface area contributed by atoms with Crippen molar-refractivity contribution in [3.63, 3.8) is 0 Å². The normalized spacial score (nSPS) is 20.0. The van der Waals surface area contributed by atoms with E-state index in [0.717, 1.165) is 5.56 Å². The number of ether oxygens (including phenoxy) is 2. The van der Waals surface area contributed by atoms with Gasteiger partial charge in [-0.05, 0) is 23.6 Å². The lowest BCUT2D eigenvalue weighted by Gasteiger charge is -2.37. The third-order valence-electron chi connectivity index (χ3n) is 4.96. The van der Waals surface area contributed by atoms with Gasteiger partial charge in [0, 0.05) is 25.9 Å². The van der Waals surface area contributed by atoms with Gasteiger partial charge in [0.15, 0.2) is 5.79 Å². The average molecular weight is 382 g/mol. The molecule has 0 bridgehead atoms. The average Bonchev–Trinajstić information content (AvgIpc) is 3.08. The molecule has 144 valence electrons. The quantitative estimate of drug-likeness (QED) is 0.833. The van der Waals surface area contributed by atoms with Gasteiger partial charge < -0.3 is 14.4 Å². The fraction of sp³-hybridized carbons (Fsp3) is 0.611. The van der Waals surface area contributed by atoms with E-state index in [1.807, 2.05) is 13.8 Å². The Morgan fingerprint density at radius 3 is 2.27 bits per heavy atom. The largest absolute Gasteiger partial charge is 0.347 e. The number of likely N-dealkylation sites (tertiary alicyclic amines) is 1. The molecule has 7 nitrogen and oxygen atoms in total. The van der Waals surface area contributed by atoms with Gasteiger partial charge >= 0.3 is 0 Å². The monoisotopic (exact) mass is 382 g/mol. The van der Waals surface area contributed by atoms with E-state index in [1.165, 1.54) is 0 Å². The van der Waals surface area contributed by atoms with E-state index >= 15 is 0 Å². The van der Waals surface area contributed by atoms with Crippen LogP contribution in [-0.4, -0.2) is 57.9 Å². The van der Waals surface area contributed by atoms with E-state index in [2.05, 4.69) is 4.72 Å². The van der Waals surface area contributed by atoms with E-state index in [4.69, 9.17) is 9.47 Å². The Kier molecular flexibility index (Phi) is 5.67. The minimum absolute atomic E-state index is 0.167. The highest BCUT2D eigenvalue weighted by Crippen LogP contribution is 2.31. The summed E-state index contributed by atoms with van der Waals surface area (Å²) in [7, 11) is -3.71. The first-order valence-corrected chi connectivity index (χ1v) is 10.4. The molecule has 2 fully saturated rings. The maximum Gasteiger partial charge on any atom is 0.241 e. The first-order chi connectivity index (χ1) is 12.3. The zero-order chi connectivity index (χ0) is 18.8. The molecule has 0 saturated carbocycles. The summed E-state index contributed by atoms with van der Waals surface area (Å²) in [5, 5.41) is 0. The molecular weight excluding hydrogens is 356 g/mol. The highest BCUT2D eigenvalue weighted by Gasteiger charge is 2.40. The van der Waals surface area contributed by atoms with Crippen LogP contribution >= 0.6 is 0 Å². The van der Waals surface area contributed by atoms with Crippen LogP contribution in [0, 0.1) is 0 Å². The van der Waals surface area contributed by atoms with Crippen LogP contribution in [0.25, 0.3) is 0 Å². The smallest absolute Gasteiger partial charge is 0.241 e. The Morgan fingerprint density at radius 1 is 1.15 bits per heavy atom. The lowest BCUT2D eigenvalue weighted by atomic mass is 10.0. The molecule has 0 aromatic heterocycles. The van der Waals surface area contributed by atoms with E-state index in [0.29, 0.717) is 45.1 Å². The maximum atomic E-state index is 12.4. The molecule has 26 heavy (non-hydrogen) atoms. The van der Waals surface area contributed by atoms with E-state index in [9.17, 15) is 13.2 Å². The Labute approximate surface area is 154 Å². The SMILES string of the molecule is CC(C)c1ccc(S(=O)(=O)NCC(=O)N2CCC3(CC2)OCCO3)cc1. The summed E-state index contributed by atoms with van der Waals surface area (Å²) in [6, 6.07) is 6.74. The third-order valence-corrected chi connectivity index (χ3v) is 6.38. The molecule has 3 rings (SSSR count). The molecular formula is C18H26N2O5S. The number of nitrogens with zero attached hydrogens (tertiary/aromatic N) is 1. The number of carbonyl (C=O) groups excluding carboxylic acids is 1. The van der Waals surface area contributed by atoms with Crippen LogP contribution in [0.5, 0.6) is 0 Å². The molecule has 8 heteroatoms. The maximum absolute atomic E-state index is 12.4. The summed E-state index contributed by atoms with van der Waals surface area (Å²) in [4.78, 5) is 14.2. The predicted octanol–water partition coefficient (Wildman–Crippen LogP) is 1.45. The number of sulfonamides is 1. The second kappa shape index (κ2) is 7.64. The molecule has 0 aliphatic carbocycles. The molecule has 0 radical (unpaired) electrons. The zero-order valence-corrected chi connectivity index (χ0v) is 16.0. The van der Waals surface area contributed by atoms with Gasteiger partial charge in [0.1, 0.15) is 0 Å². The van der Waals surface area contributed by atoms with Crippen molar-refractivity contribution < 1.29 is 22.7 Å². The van der Waals surface area contributed by atoms with Crippen LogP contribution in [0.15, 0.2) is 29.2 Å². The van der Waals surface area contributed by atoms with Crippen molar-refractivity contribution in [3.8, 4) is 0 Å². The summed E-state index contributed by atoms with van der Waals surface area (Å²) in [5.41, 5.74) is 1.07. The predicted molar refractivity (Wildman–Crippen MR) is 96.2 cm³/mol. The lowest BCUT2D eigenvalue weighted by molar-refractivity contribution is -0.187. The molecule has 2 saturated heterocycles. The second-order valence-electron chi connectivity index (χ2n) is 7.04. The summed E-state index contributed by atoms with van der Waals surface area (Å²) >= 11 is 0. The standard InChI is InChI=1S/C18H26N2O5S/c1-14(2)15-3-5-16(6-4-15)26(22,23)19-13-17(21)20-9-7-18(8-10-20)24-11-12-25-18/h3-6,14,19H,7-13H2,1-2H3. The fourth-order valence-corrected chi connectivity index (χ4v) is 4.24. The van der Waals surface area contributed by atoms with Gasteiger partial charge in [-0.1, -0.05) is 26.0 Å². The van der Waals surface area contributed by atoms with Crippen molar-refractivity contribution >= 4 is 15.9 Å². The van der Waals surface area contributed by atoms with E-state index in [-0.39, 0.29) is 17.3 Å². The van der Waals surface area contributed by atoms with Crippen molar-refractivity contribution in [2.45, 2.75) is 43.3 Å². The molecule has 1 spiro atoms. The number of carbonyl (C=O) groups is 1. The van der Waals surface area contributed by atoms with Gasteiger partial charge in [0.2, 0.25) is 15.9 Å². The van der Waals surface area contributed by atoms with E-state index in [1.54, 1.807) is 29.2 Å². The van der Waals surface area contributed by atoms with Gasteiger partial charge in [0.25, 0.3) is 0 Å². The highest BCUT2D eigenvalue weighted by atomic mass is 32.2. The highest BCUT2D eigenvalue weighted by molar-refractivity contribution is 7.89. The number of hydrogen-bond acceptors (Lipinski definition) is 5. The Hall–Kier alpha value is -1.48. The number of benzene rings is 1. The van der Waals surface area contributed by atoms with Gasteiger partial charge in [-0.3, -0.25) is 4.79 Å². The summed E-state index contributed by atoms with van der Waals surface area (Å²) in [6.07, 6.45) is 1.23. The van der Waals surface area contributed by atoms with Gasteiger partial charge in [-0.25, -0.2) is 13.1 Å². The van der Waals surface area contributed by atoms with E-state index < -0.39 is 15.8 Å². The molecule has 2 aliphatic heterocycles. The molecule has 2 aliphatic rings. The number of amides is 1. The van der Waals surface area contributed by atoms with Crippen LogP contribution in [0.4, 0.5) is 0 Å². The Bertz CT molecular complexity index is 729.